The Balaban J connectivity index is 3.22. The molecule has 0 heterocycles. The number of hydrogen-bond donors (Lipinski definition) is 4. The highest BCUT2D eigenvalue weighted by Gasteiger charge is 2.11. The molecule has 0 spiro atoms. The minimum Gasteiger partial charge on any atom is -0.507 e. The van der Waals surface area contributed by atoms with Gasteiger partial charge in [0.15, 0.2) is 0 Å². The van der Waals surface area contributed by atoms with E-state index in [9.17, 15) is 19.8 Å². The molecule has 0 fully saturated rings. The van der Waals surface area contributed by atoms with Gasteiger partial charge in [0.25, 0.3) is 0 Å². The number of primary amides is 1. The van der Waals surface area contributed by atoms with Crippen LogP contribution in [0.1, 0.15) is 15.9 Å². The molecule has 6 heteroatoms. The number of nitrogens with two attached hydrogens (primary N) is 1. The number of carbonyl (C=O) groups excluding carboxylic acids is 1. The Bertz CT molecular complexity index is 455. The number of phenolic OH excluding ortho intramolecular Hbond substituents is 2. The van der Waals surface area contributed by atoms with Crippen molar-refractivity contribution in [3.8, 4) is 11.5 Å². The van der Waals surface area contributed by atoms with Gasteiger partial charge in [-0.15, -0.1) is 0 Å². The van der Waals surface area contributed by atoms with E-state index < -0.39 is 23.4 Å². The third-order valence-corrected chi connectivity index (χ3v) is 1.80. The first kappa shape index (κ1) is 11.6. The summed E-state index contributed by atoms with van der Waals surface area (Å²) in [6.45, 7) is 0. The monoisotopic (exact) mass is 223 g/mol. The number of aromatic hydroxyl groups is 2. The molecule has 1 amide bonds. The molecule has 16 heavy (non-hydrogen) atoms. The molecule has 0 atom stereocenters. The van der Waals surface area contributed by atoms with Crippen molar-refractivity contribution in [3.63, 3.8) is 0 Å². The van der Waals surface area contributed by atoms with Gasteiger partial charge >= 0.3 is 5.97 Å². The Morgan fingerprint density at radius 1 is 1.19 bits per heavy atom. The lowest BCUT2D eigenvalue weighted by atomic mass is 10.1. The van der Waals surface area contributed by atoms with Crippen molar-refractivity contribution in [1.29, 1.82) is 0 Å². The lowest BCUT2D eigenvalue weighted by Crippen LogP contribution is -2.05. The first-order valence-electron chi connectivity index (χ1n) is 4.18. The number of carbonyl (C=O) groups is 2. The Kier molecular flexibility index (Phi) is 3.14. The molecular weight excluding hydrogens is 214 g/mol. The predicted octanol–water partition coefficient (Wildman–Crippen LogP) is 0.295. The van der Waals surface area contributed by atoms with Crippen molar-refractivity contribution in [3.05, 3.63) is 29.3 Å². The smallest absolute Gasteiger partial charge is 0.335 e. The zero-order valence-corrected chi connectivity index (χ0v) is 8.04. The fourth-order valence-electron chi connectivity index (χ4n) is 1.08. The van der Waals surface area contributed by atoms with Gasteiger partial charge in [-0.05, 0) is 18.2 Å². The molecule has 6 nitrogen and oxygen atoms in total. The predicted molar refractivity (Wildman–Crippen MR) is 55.0 cm³/mol. The average Bonchev–Trinajstić information content (AvgIpc) is 2.15. The van der Waals surface area contributed by atoms with Crippen LogP contribution in [0.3, 0.4) is 0 Å². The Labute approximate surface area is 90.2 Å². The quantitative estimate of drug-likeness (QED) is 0.549. The number of carboxylic acids is 1. The third kappa shape index (κ3) is 2.50. The highest BCUT2D eigenvalue weighted by Crippen LogP contribution is 2.29. The van der Waals surface area contributed by atoms with Crippen LogP contribution in [0.2, 0.25) is 0 Å². The van der Waals surface area contributed by atoms with Crippen molar-refractivity contribution in [1.82, 2.24) is 0 Å². The van der Waals surface area contributed by atoms with Gasteiger partial charge in [0.05, 0.1) is 11.1 Å². The summed E-state index contributed by atoms with van der Waals surface area (Å²) in [5.41, 5.74) is 4.51. The highest BCUT2D eigenvalue weighted by atomic mass is 16.4. The minimum absolute atomic E-state index is 0.0659. The van der Waals surface area contributed by atoms with Gasteiger partial charge < -0.3 is 21.1 Å². The summed E-state index contributed by atoms with van der Waals surface area (Å²) in [6, 6.07) is 1.92. The maximum absolute atomic E-state index is 10.6. The number of amides is 1. The Morgan fingerprint density at radius 2 is 1.69 bits per heavy atom. The van der Waals surface area contributed by atoms with Crippen LogP contribution < -0.4 is 5.73 Å². The Morgan fingerprint density at radius 3 is 2.06 bits per heavy atom. The molecule has 0 saturated carbocycles. The standard InChI is InChI=1S/C10H9NO5/c11-9(14)2-1-6-7(12)3-5(10(15)16)4-8(6)13/h1-4,12-13H,(H2,11,14)(H,15,16). The van der Waals surface area contributed by atoms with Gasteiger partial charge in [-0.1, -0.05) is 0 Å². The number of rotatable bonds is 3. The number of benzene rings is 1. The van der Waals surface area contributed by atoms with E-state index in [1.165, 1.54) is 0 Å². The molecular formula is C10H9NO5. The fourth-order valence-corrected chi connectivity index (χ4v) is 1.08. The molecule has 0 unspecified atom stereocenters. The lowest BCUT2D eigenvalue weighted by molar-refractivity contribution is -0.113. The van der Waals surface area contributed by atoms with Crippen LogP contribution in [-0.2, 0) is 4.79 Å². The largest absolute Gasteiger partial charge is 0.507 e. The molecule has 1 aromatic carbocycles. The zero-order chi connectivity index (χ0) is 12.3. The van der Waals surface area contributed by atoms with Crippen molar-refractivity contribution in [2.45, 2.75) is 0 Å². The minimum atomic E-state index is -1.28. The van der Waals surface area contributed by atoms with Crippen molar-refractivity contribution in [2.75, 3.05) is 0 Å². The van der Waals surface area contributed by atoms with E-state index in [-0.39, 0.29) is 11.1 Å². The SMILES string of the molecule is NC(=O)C=Cc1c(O)cc(C(=O)O)cc1O. The summed E-state index contributed by atoms with van der Waals surface area (Å²) >= 11 is 0. The third-order valence-electron chi connectivity index (χ3n) is 1.80. The summed E-state index contributed by atoms with van der Waals surface area (Å²) in [5.74, 6) is -2.93. The maximum Gasteiger partial charge on any atom is 0.335 e. The number of hydrogen-bond acceptors (Lipinski definition) is 4. The van der Waals surface area contributed by atoms with Crippen molar-refractivity contribution < 1.29 is 24.9 Å². The first-order chi connectivity index (χ1) is 7.41. The van der Waals surface area contributed by atoms with Gasteiger partial charge in [-0.2, -0.15) is 0 Å². The van der Waals surface area contributed by atoms with E-state index in [1.807, 2.05) is 0 Å². The van der Waals surface area contributed by atoms with E-state index in [1.54, 1.807) is 0 Å². The van der Waals surface area contributed by atoms with Gasteiger partial charge in [-0.3, -0.25) is 4.79 Å². The summed E-state index contributed by atoms with van der Waals surface area (Å²) in [5, 5.41) is 27.4. The van der Waals surface area contributed by atoms with Crippen LogP contribution in [0.4, 0.5) is 0 Å². The van der Waals surface area contributed by atoms with E-state index in [2.05, 4.69) is 0 Å². The molecule has 0 radical (unpaired) electrons. The zero-order valence-electron chi connectivity index (χ0n) is 8.04. The van der Waals surface area contributed by atoms with Crippen LogP contribution >= 0.6 is 0 Å². The van der Waals surface area contributed by atoms with Gasteiger partial charge in [0.1, 0.15) is 11.5 Å². The molecule has 0 aromatic heterocycles. The molecule has 1 aromatic rings. The molecule has 84 valence electrons. The Hall–Kier alpha value is -2.50. The van der Waals surface area contributed by atoms with E-state index >= 15 is 0 Å². The molecule has 5 N–H and O–H groups in total. The van der Waals surface area contributed by atoms with Crippen LogP contribution in [0, 0.1) is 0 Å². The average molecular weight is 223 g/mol. The summed E-state index contributed by atoms with van der Waals surface area (Å²) in [6.07, 6.45) is 2.04. The number of aromatic carboxylic acids is 1. The first-order valence-corrected chi connectivity index (χ1v) is 4.18. The molecule has 0 bridgehead atoms. The molecule has 0 aliphatic carbocycles. The van der Waals surface area contributed by atoms with E-state index in [0.29, 0.717) is 0 Å². The van der Waals surface area contributed by atoms with Gasteiger partial charge in [-0.25, -0.2) is 4.79 Å². The molecule has 0 aliphatic heterocycles. The maximum atomic E-state index is 10.6. The summed E-state index contributed by atoms with van der Waals surface area (Å²) < 4.78 is 0. The highest BCUT2D eigenvalue weighted by molar-refractivity contribution is 5.93. The summed E-state index contributed by atoms with van der Waals surface area (Å²) in [7, 11) is 0. The van der Waals surface area contributed by atoms with Crippen LogP contribution in [0.25, 0.3) is 6.08 Å². The molecule has 1 rings (SSSR count). The van der Waals surface area contributed by atoms with Gasteiger partial charge in [0.2, 0.25) is 5.91 Å². The molecule has 0 saturated heterocycles. The summed E-state index contributed by atoms with van der Waals surface area (Å²) in [4.78, 5) is 21.0. The molecule has 0 aliphatic rings. The van der Waals surface area contributed by atoms with Crippen molar-refractivity contribution in [2.24, 2.45) is 5.73 Å². The second-order valence-electron chi connectivity index (χ2n) is 2.97. The lowest BCUT2D eigenvalue weighted by Gasteiger charge is -2.04. The van der Waals surface area contributed by atoms with Crippen LogP contribution in [0.15, 0.2) is 18.2 Å². The van der Waals surface area contributed by atoms with Gasteiger partial charge in [0, 0.05) is 6.08 Å². The number of phenols is 2. The second-order valence-corrected chi connectivity index (χ2v) is 2.97. The second kappa shape index (κ2) is 4.35. The van der Waals surface area contributed by atoms with Crippen LogP contribution in [-0.4, -0.2) is 27.2 Å². The fraction of sp³-hybridized carbons (Fsp3) is 0. The topological polar surface area (TPSA) is 121 Å². The van der Waals surface area contributed by atoms with E-state index in [4.69, 9.17) is 10.8 Å². The normalized spacial score (nSPS) is 10.5. The van der Waals surface area contributed by atoms with Crippen molar-refractivity contribution >= 4 is 18.0 Å². The number of carboxylic acid groups (broad SMARTS) is 1. The van der Waals surface area contributed by atoms with Crippen LogP contribution in [0.5, 0.6) is 11.5 Å². The van der Waals surface area contributed by atoms with E-state index in [0.717, 1.165) is 24.3 Å².